The average molecular weight is 243 g/mol. The molecule has 0 bridgehead atoms. The molecule has 3 rings (SSSR count). The number of nitrogens with two attached hydrogens (primary N) is 1. The van der Waals surface area contributed by atoms with E-state index in [1.54, 1.807) is 0 Å². The lowest BCUT2D eigenvalue weighted by Gasteiger charge is -2.35. The number of hydrogen-bond donors (Lipinski definition) is 1. The van der Waals surface area contributed by atoms with Crippen molar-refractivity contribution in [2.45, 2.75) is 63.8 Å². The highest BCUT2D eigenvalue weighted by Crippen LogP contribution is 2.45. The molecule has 2 fully saturated rings. The lowest BCUT2D eigenvalue weighted by Crippen LogP contribution is -2.22. The van der Waals surface area contributed by atoms with Crippen molar-refractivity contribution in [3.63, 3.8) is 0 Å². The maximum atomic E-state index is 6.24. The van der Waals surface area contributed by atoms with E-state index in [1.807, 2.05) is 0 Å². The van der Waals surface area contributed by atoms with Gasteiger partial charge < -0.3 is 5.73 Å². The molecule has 0 radical (unpaired) electrons. The van der Waals surface area contributed by atoms with Crippen LogP contribution in [0.1, 0.15) is 69.4 Å². The fourth-order valence-corrected chi connectivity index (χ4v) is 3.49. The third-order valence-electron chi connectivity index (χ3n) is 4.95. The standard InChI is InChI=1S/C17H25N/c1-16(2)9-3-4-14(12-16)13-5-7-15(8-6-13)17(18)10-11-17/h5-8,14H,3-4,9-12,18H2,1-2H3. The van der Waals surface area contributed by atoms with Crippen molar-refractivity contribution >= 4 is 0 Å². The van der Waals surface area contributed by atoms with E-state index in [0.717, 1.165) is 18.8 Å². The first-order valence-electron chi connectivity index (χ1n) is 7.38. The molecule has 0 aliphatic heterocycles. The molecular formula is C17H25N. The minimum absolute atomic E-state index is 0.0182. The molecule has 2 aliphatic carbocycles. The summed E-state index contributed by atoms with van der Waals surface area (Å²) in [6.07, 6.45) is 7.76. The minimum Gasteiger partial charge on any atom is -0.321 e. The van der Waals surface area contributed by atoms with Crippen LogP contribution in [-0.4, -0.2) is 0 Å². The summed E-state index contributed by atoms with van der Waals surface area (Å²) in [5.41, 5.74) is 9.64. The van der Waals surface area contributed by atoms with Crippen LogP contribution < -0.4 is 5.73 Å². The zero-order valence-electron chi connectivity index (χ0n) is 11.7. The molecule has 1 aromatic rings. The minimum atomic E-state index is 0.0182. The van der Waals surface area contributed by atoms with E-state index in [4.69, 9.17) is 5.73 Å². The van der Waals surface area contributed by atoms with Gasteiger partial charge in [-0.15, -0.1) is 0 Å². The molecule has 98 valence electrons. The van der Waals surface area contributed by atoms with Crippen molar-refractivity contribution in [1.29, 1.82) is 0 Å². The third-order valence-corrected chi connectivity index (χ3v) is 4.95. The van der Waals surface area contributed by atoms with E-state index < -0.39 is 0 Å². The van der Waals surface area contributed by atoms with Crippen LogP contribution in [-0.2, 0) is 5.54 Å². The molecule has 1 nitrogen and oxygen atoms in total. The maximum absolute atomic E-state index is 6.24. The maximum Gasteiger partial charge on any atom is 0.0411 e. The van der Waals surface area contributed by atoms with Gasteiger partial charge >= 0.3 is 0 Å². The summed E-state index contributed by atoms with van der Waals surface area (Å²) in [6.45, 7) is 4.82. The lowest BCUT2D eigenvalue weighted by atomic mass is 9.70. The van der Waals surface area contributed by atoms with Gasteiger partial charge in [0.15, 0.2) is 0 Å². The van der Waals surface area contributed by atoms with Gasteiger partial charge in [-0.05, 0) is 54.6 Å². The van der Waals surface area contributed by atoms with E-state index in [-0.39, 0.29) is 5.54 Å². The SMILES string of the molecule is CC1(C)CCCC(c2ccc(C3(N)CC3)cc2)C1. The molecule has 0 aromatic heterocycles. The predicted octanol–water partition coefficient (Wildman–Crippen LogP) is 4.32. The van der Waals surface area contributed by atoms with Crippen molar-refractivity contribution in [3.8, 4) is 0 Å². The quantitative estimate of drug-likeness (QED) is 0.822. The first kappa shape index (κ1) is 12.2. The summed E-state index contributed by atoms with van der Waals surface area (Å²) in [7, 11) is 0. The Bertz CT molecular complexity index is 425. The second-order valence-corrected chi connectivity index (χ2v) is 7.24. The molecule has 2 N–H and O–H groups in total. The van der Waals surface area contributed by atoms with Crippen molar-refractivity contribution in [1.82, 2.24) is 0 Å². The van der Waals surface area contributed by atoms with E-state index in [9.17, 15) is 0 Å². The van der Waals surface area contributed by atoms with Gasteiger partial charge in [0.05, 0.1) is 0 Å². The zero-order chi connectivity index (χ0) is 12.8. The Balaban J connectivity index is 1.76. The Morgan fingerprint density at radius 3 is 2.28 bits per heavy atom. The summed E-state index contributed by atoms with van der Waals surface area (Å²) < 4.78 is 0. The van der Waals surface area contributed by atoms with Gasteiger partial charge in [-0.3, -0.25) is 0 Å². The Kier molecular flexibility index (Phi) is 2.78. The molecule has 1 unspecified atom stereocenters. The smallest absolute Gasteiger partial charge is 0.0411 e. The summed E-state index contributed by atoms with van der Waals surface area (Å²) in [5, 5.41) is 0. The molecule has 2 saturated carbocycles. The molecule has 0 amide bonds. The largest absolute Gasteiger partial charge is 0.321 e. The van der Waals surface area contributed by atoms with Crippen LogP contribution in [0.4, 0.5) is 0 Å². The lowest BCUT2D eigenvalue weighted by molar-refractivity contribution is 0.219. The summed E-state index contributed by atoms with van der Waals surface area (Å²) >= 11 is 0. The van der Waals surface area contributed by atoms with Crippen molar-refractivity contribution in [3.05, 3.63) is 35.4 Å². The summed E-state index contributed by atoms with van der Waals surface area (Å²) in [4.78, 5) is 0. The van der Waals surface area contributed by atoms with Crippen LogP contribution in [0, 0.1) is 5.41 Å². The van der Waals surface area contributed by atoms with Crippen LogP contribution in [0.25, 0.3) is 0 Å². The Hall–Kier alpha value is -0.820. The van der Waals surface area contributed by atoms with Crippen LogP contribution in [0.5, 0.6) is 0 Å². The van der Waals surface area contributed by atoms with Crippen molar-refractivity contribution < 1.29 is 0 Å². The Morgan fingerprint density at radius 1 is 1.06 bits per heavy atom. The number of hydrogen-bond acceptors (Lipinski definition) is 1. The van der Waals surface area contributed by atoms with Gasteiger partial charge in [-0.1, -0.05) is 44.5 Å². The van der Waals surface area contributed by atoms with E-state index in [0.29, 0.717) is 5.41 Å². The van der Waals surface area contributed by atoms with Crippen LogP contribution in [0.15, 0.2) is 24.3 Å². The van der Waals surface area contributed by atoms with Gasteiger partial charge in [0, 0.05) is 5.54 Å². The van der Waals surface area contributed by atoms with Crippen LogP contribution in [0.2, 0.25) is 0 Å². The first-order valence-corrected chi connectivity index (χ1v) is 7.38. The molecule has 0 saturated heterocycles. The summed E-state index contributed by atoms with van der Waals surface area (Å²) in [6, 6.07) is 9.19. The summed E-state index contributed by atoms with van der Waals surface area (Å²) in [5.74, 6) is 0.760. The second-order valence-electron chi connectivity index (χ2n) is 7.24. The second kappa shape index (κ2) is 4.09. The fourth-order valence-electron chi connectivity index (χ4n) is 3.49. The van der Waals surface area contributed by atoms with Crippen molar-refractivity contribution in [2.24, 2.45) is 11.1 Å². The monoisotopic (exact) mass is 243 g/mol. The average Bonchev–Trinajstić information content (AvgIpc) is 3.08. The molecule has 1 heteroatoms. The Morgan fingerprint density at radius 2 is 1.72 bits per heavy atom. The van der Waals surface area contributed by atoms with Crippen LogP contribution in [0.3, 0.4) is 0 Å². The van der Waals surface area contributed by atoms with Crippen molar-refractivity contribution in [2.75, 3.05) is 0 Å². The molecule has 0 spiro atoms. The number of benzene rings is 1. The number of rotatable bonds is 2. The van der Waals surface area contributed by atoms with Gasteiger partial charge in [-0.2, -0.15) is 0 Å². The molecule has 2 aliphatic rings. The molecule has 1 atom stereocenters. The van der Waals surface area contributed by atoms with Gasteiger partial charge in [0.25, 0.3) is 0 Å². The Labute approximate surface area is 111 Å². The van der Waals surface area contributed by atoms with Crippen LogP contribution >= 0.6 is 0 Å². The van der Waals surface area contributed by atoms with E-state index >= 15 is 0 Å². The van der Waals surface area contributed by atoms with Gasteiger partial charge in [0.2, 0.25) is 0 Å². The van der Waals surface area contributed by atoms with Gasteiger partial charge in [-0.25, -0.2) is 0 Å². The molecule has 1 aromatic carbocycles. The van der Waals surface area contributed by atoms with E-state index in [2.05, 4.69) is 38.1 Å². The molecular weight excluding hydrogens is 218 g/mol. The topological polar surface area (TPSA) is 26.0 Å². The fraction of sp³-hybridized carbons (Fsp3) is 0.647. The van der Waals surface area contributed by atoms with E-state index in [1.165, 1.54) is 36.8 Å². The third kappa shape index (κ3) is 2.33. The predicted molar refractivity (Wildman–Crippen MR) is 76.5 cm³/mol. The van der Waals surface area contributed by atoms with Gasteiger partial charge in [0.1, 0.15) is 0 Å². The zero-order valence-corrected chi connectivity index (χ0v) is 11.7. The molecule has 18 heavy (non-hydrogen) atoms. The normalized spacial score (nSPS) is 28.9. The highest BCUT2D eigenvalue weighted by atomic mass is 14.8. The highest BCUT2D eigenvalue weighted by Gasteiger charge is 2.39. The molecule has 0 heterocycles. The highest BCUT2D eigenvalue weighted by molar-refractivity contribution is 5.33. The first-order chi connectivity index (χ1) is 8.49.